The van der Waals surface area contributed by atoms with Crippen LogP contribution in [0.15, 0.2) is 48.9 Å². The molecule has 3 rings (SSSR count). The molecule has 0 unspecified atom stereocenters. The molecule has 1 amide bonds. The van der Waals surface area contributed by atoms with Crippen LogP contribution in [0.4, 0.5) is 0 Å². The summed E-state index contributed by atoms with van der Waals surface area (Å²) in [4.78, 5) is 37.3. The van der Waals surface area contributed by atoms with Crippen LogP contribution in [0.25, 0.3) is 0 Å². The molecule has 0 bridgehead atoms. The zero-order valence-electron chi connectivity index (χ0n) is 25.3. The van der Waals surface area contributed by atoms with Gasteiger partial charge in [-0.05, 0) is 37.3 Å². The Hall–Kier alpha value is -2.62. The maximum absolute atomic E-state index is 13.8. The molecule has 41 heavy (non-hydrogen) atoms. The molecule has 8 nitrogen and oxygen atoms in total. The molecule has 0 aliphatic carbocycles. The fourth-order valence-corrected chi connectivity index (χ4v) is 5.41. The van der Waals surface area contributed by atoms with Gasteiger partial charge in [-0.3, -0.25) is 19.5 Å². The molecule has 1 N–H and O–H groups in total. The van der Waals surface area contributed by atoms with E-state index in [2.05, 4.69) is 41.0 Å². The third-order valence-electron chi connectivity index (χ3n) is 7.60. The number of ketones is 1. The lowest BCUT2D eigenvalue weighted by Gasteiger charge is -2.31. The number of amides is 1. The molecule has 9 heteroatoms. The van der Waals surface area contributed by atoms with Crippen LogP contribution in [0.1, 0.15) is 88.2 Å². The van der Waals surface area contributed by atoms with Crippen molar-refractivity contribution < 1.29 is 18.9 Å². The minimum absolute atomic E-state index is 0.0318. The van der Waals surface area contributed by atoms with E-state index < -0.39 is 19.1 Å². The molecule has 224 valence electrons. The van der Waals surface area contributed by atoms with E-state index in [1.165, 1.54) is 57.1 Å². The first-order chi connectivity index (χ1) is 20.0. The molecule has 1 aliphatic rings. The van der Waals surface area contributed by atoms with Crippen LogP contribution in [0.5, 0.6) is 0 Å². The van der Waals surface area contributed by atoms with E-state index in [1.54, 1.807) is 0 Å². The molecule has 0 radical (unpaired) electrons. The van der Waals surface area contributed by atoms with E-state index >= 15 is 0 Å². The minimum Gasteiger partial charge on any atom is -0.410 e. The molecule has 2 atom stereocenters. The number of benzene rings is 1. The average molecular weight is 565 g/mol. The van der Waals surface area contributed by atoms with Gasteiger partial charge in [0.25, 0.3) is 5.91 Å². The highest BCUT2D eigenvalue weighted by molar-refractivity contribution is 6.47. The number of aromatic nitrogens is 2. The zero-order chi connectivity index (χ0) is 29.3. The van der Waals surface area contributed by atoms with Crippen molar-refractivity contribution in [3.63, 3.8) is 0 Å². The predicted octanol–water partition coefficient (Wildman–Crippen LogP) is 5.39. The quantitative estimate of drug-likeness (QED) is 0.203. The molecule has 2 aromatic rings. The summed E-state index contributed by atoms with van der Waals surface area (Å²) in [5.41, 5.74) is 1.17. The highest BCUT2D eigenvalue weighted by Crippen LogP contribution is 2.28. The predicted molar refractivity (Wildman–Crippen MR) is 164 cm³/mol. The van der Waals surface area contributed by atoms with Gasteiger partial charge in [-0.25, -0.2) is 4.98 Å². The van der Waals surface area contributed by atoms with E-state index in [9.17, 15) is 9.59 Å². The lowest BCUT2D eigenvalue weighted by molar-refractivity contribution is -0.121. The van der Waals surface area contributed by atoms with Gasteiger partial charge < -0.3 is 14.6 Å². The molecule has 1 saturated heterocycles. The SMILES string of the molecule is CCCCCCCCN1CCOB([C@@H](CC(=O)[C@H](Cc2ccccc2)NC(=O)c2cnccn2)CC(C)C)OCC1. The number of rotatable bonds is 17. The molecular weight excluding hydrogens is 515 g/mol. The normalized spacial score (nSPS) is 16.1. The van der Waals surface area contributed by atoms with Crippen LogP contribution >= 0.6 is 0 Å². The second kappa shape index (κ2) is 18.7. The van der Waals surface area contributed by atoms with Crippen LogP contribution in [0, 0.1) is 5.92 Å². The van der Waals surface area contributed by atoms with Gasteiger partial charge in [0.1, 0.15) is 5.69 Å². The molecule has 1 aliphatic heterocycles. The number of nitrogens with one attached hydrogen (secondary N) is 1. The third-order valence-corrected chi connectivity index (χ3v) is 7.60. The first-order valence-electron chi connectivity index (χ1n) is 15.5. The summed E-state index contributed by atoms with van der Waals surface area (Å²) in [6, 6.07) is 9.07. The third kappa shape index (κ3) is 12.4. The Morgan fingerprint density at radius 2 is 1.71 bits per heavy atom. The fourth-order valence-electron chi connectivity index (χ4n) is 5.41. The van der Waals surface area contributed by atoms with Crippen molar-refractivity contribution in [3.8, 4) is 0 Å². The van der Waals surface area contributed by atoms with Crippen molar-refractivity contribution in [2.75, 3.05) is 32.8 Å². The van der Waals surface area contributed by atoms with Crippen LogP contribution in [-0.2, 0) is 20.5 Å². The first kappa shape index (κ1) is 32.9. The number of carbonyl (C=O) groups is 2. The van der Waals surface area contributed by atoms with Crippen molar-refractivity contribution in [1.82, 2.24) is 20.2 Å². The van der Waals surface area contributed by atoms with E-state index in [1.807, 2.05) is 30.3 Å². The molecule has 1 aromatic carbocycles. The van der Waals surface area contributed by atoms with Gasteiger partial charge >= 0.3 is 7.12 Å². The minimum atomic E-state index is -0.692. The van der Waals surface area contributed by atoms with Crippen molar-refractivity contribution in [3.05, 3.63) is 60.2 Å². The highest BCUT2D eigenvalue weighted by atomic mass is 16.6. The Bertz CT molecular complexity index is 1000. The molecular formula is C32H49BN4O4. The van der Waals surface area contributed by atoms with Gasteiger partial charge in [-0.2, -0.15) is 0 Å². The molecule has 1 aromatic heterocycles. The molecule has 2 heterocycles. The summed E-state index contributed by atoms with van der Waals surface area (Å²) in [7, 11) is -0.439. The number of hydrogen-bond donors (Lipinski definition) is 1. The Kier molecular flexibility index (Phi) is 15.0. The van der Waals surface area contributed by atoms with E-state index in [4.69, 9.17) is 9.31 Å². The lowest BCUT2D eigenvalue weighted by atomic mass is 9.64. The summed E-state index contributed by atoms with van der Waals surface area (Å²) >= 11 is 0. The van der Waals surface area contributed by atoms with E-state index in [0.29, 0.717) is 25.6 Å². The Labute approximate surface area is 247 Å². The maximum Gasteiger partial charge on any atom is 0.460 e. The summed E-state index contributed by atoms with van der Waals surface area (Å²) < 4.78 is 12.5. The van der Waals surface area contributed by atoms with E-state index in [0.717, 1.165) is 31.6 Å². The Morgan fingerprint density at radius 3 is 2.37 bits per heavy atom. The van der Waals surface area contributed by atoms with Gasteiger partial charge in [-0.1, -0.05) is 83.2 Å². The van der Waals surface area contributed by atoms with Crippen LogP contribution in [0.2, 0.25) is 5.82 Å². The van der Waals surface area contributed by atoms with Crippen molar-refractivity contribution >= 4 is 18.8 Å². The van der Waals surface area contributed by atoms with Gasteiger partial charge in [0.2, 0.25) is 0 Å². The van der Waals surface area contributed by atoms with E-state index in [-0.39, 0.29) is 23.7 Å². The number of hydrogen-bond acceptors (Lipinski definition) is 7. The summed E-state index contributed by atoms with van der Waals surface area (Å²) in [5.74, 6) is -0.164. The number of carbonyl (C=O) groups excluding carboxylic acids is 2. The van der Waals surface area contributed by atoms with Crippen LogP contribution < -0.4 is 5.32 Å². The zero-order valence-corrected chi connectivity index (χ0v) is 25.3. The fraction of sp³-hybridized carbons (Fsp3) is 0.625. The van der Waals surface area contributed by atoms with Gasteiger partial charge in [0, 0.05) is 50.9 Å². The summed E-state index contributed by atoms with van der Waals surface area (Å²) in [6.07, 6.45) is 13.6. The second-order valence-corrected chi connectivity index (χ2v) is 11.6. The summed E-state index contributed by atoms with van der Waals surface area (Å²) in [5, 5.41) is 2.93. The van der Waals surface area contributed by atoms with Crippen LogP contribution in [-0.4, -0.2) is 72.6 Å². The topological polar surface area (TPSA) is 93.7 Å². The summed E-state index contributed by atoms with van der Waals surface area (Å²) in [6.45, 7) is 10.5. The van der Waals surface area contributed by atoms with Crippen LogP contribution in [0.3, 0.4) is 0 Å². The monoisotopic (exact) mass is 564 g/mol. The highest BCUT2D eigenvalue weighted by Gasteiger charge is 2.36. The first-order valence-corrected chi connectivity index (χ1v) is 15.5. The number of Topliss-reactive ketones (excluding diaryl/α,β-unsaturated/α-hetero) is 1. The van der Waals surface area contributed by atoms with Gasteiger partial charge in [0.05, 0.1) is 12.2 Å². The van der Waals surface area contributed by atoms with Crippen molar-refractivity contribution in [2.24, 2.45) is 5.92 Å². The smallest absolute Gasteiger partial charge is 0.410 e. The Morgan fingerprint density at radius 1 is 1.00 bits per heavy atom. The number of unbranched alkanes of at least 4 members (excludes halogenated alkanes) is 5. The molecule has 0 spiro atoms. The number of nitrogens with zero attached hydrogens (tertiary/aromatic N) is 3. The van der Waals surface area contributed by atoms with Crippen molar-refractivity contribution in [1.29, 1.82) is 0 Å². The maximum atomic E-state index is 13.8. The van der Waals surface area contributed by atoms with Crippen molar-refractivity contribution in [2.45, 2.75) is 90.4 Å². The molecule has 1 fully saturated rings. The van der Waals surface area contributed by atoms with Gasteiger partial charge in [-0.15, -0.1) is 0 Å². The second-order valence-electron chi connectivity index (χ2n) is 11.6. The largest absolute Gasteiger partial charge is 0.460 e. The standard InChI is InChI=1S/C32H49BN4O4/c1-4-5-6-7-8-12-17-37-18-20-40-33(41-21-19-37)28(22-26(2)3)24-31(38)29(23-27-13-10-9-11-14-27)36-32(39)30-25-34-15-16-35-30/h9-11,13-16,25-26,28-29H,4-8,12,17-24H2,1-3H3,(H,36,39)/t28-,29+/m1/s1. The Balaban J connectivity index is 1.60. The molecule has 0 saturated carbocycles. The average Bonchev–Trinajstić information content (AvgIpc) is 2.96. The lowest BCUT2D eigenvalue weighted by Crippen LogP contribution is -2.45. The van der Waals surface area contributed by atoms with Gasteiger partial charge in [0.15, 0.2) is 5.78 Å².